The predicted molar refractivity (Wildman–Crippen MR) is 82.8 cm³/mol. The van der Waals surface area contributed by atoms with Crippen LogP contribution in [0.15, 0.2) is 0 Å². The quantitative estimate of drug-likeness (QED) is 0.792. The maximum absolute atomic E-state index is 11.8. The highest BCUT2D eigenvalue weighted by atomic mass is 16.6. The molecule has 0 aromatic rings. The van der Waals surface area contributed by atoms with Crippen LogP contribution in [0.2, 0.25) is 0 Å². The van der Waals surface area contributed by atoms with Gasteiger partial charge in [0.25, 0.3) is 0 Å². The van der Waals surface area contributed by atoms with Gasteiger partial charge in [-0.15, -0.1) is 0 Å². The maximum Gasteiger partial charge on any atom is 0.407 e. The van der Waals surface area contributed by atoms with Crippen LogP contribution in [0.3, 0.4) is 0 Å². The second kappa shape index (κ2) is 8.23. The topological polar surface area (TPSA) is 65.4 Å². The zero-order chi connectivity index (χ0) is 15.9. The summed E-state index contributed by atoms with van der Waals surface area (Å²) in [5.41, 5.74) is -0.450. The van der Waals surface area contributed by atoms with E-state index in [-0.39, 0.29) is 12.1 Å². The second-order valence-electron chi connectivity index (χ2n) is 6.88. The van der Waals surface area contributed by atoms with Gasteiger partial charge in [0.1, 0.15) is 5.60 Å². The number of nitrogens with zero attached hydrogens (tertiary/aromatic N) is 2. The molecule has 1 atom stereocenters. The highest BCUT2D eigenvalue weighted by Crippen LogP contribution is 2.21. The van der Waals surface area contributed by atoms with Crippen molar-refractivity contribution in [3.05, 3.63) is 0 Å². The van der Waals surface area contributed by atoms with Crippen molar-refractivity contribution >= 4 is 6.09 Å². The molecule has 0 saturated carbocycles. The summed E-state index contributed by atoms with van der Waals surface area (Å²) in [5.74, 6) is 0.504. The molecule has 0 bridgehead atoms. The molecule has 1 aliphatic heterocycles. The number of nitriles is 1. The van der Waals surface area contributed by atoms with Crippen molar-refractivity contribution in [3.8, 4) is 6.07 Å². The van der Waals surface area contributed by atoms with Crippen LogP contribution >= 0.6 is 0 Å². The van der Waals surface area contributed by atoms with E-state index in [2.05, 4.69) is 23.2 Å². The molecule has 0 unspecified atom stereocenters. The van der Waals surface area contributed by atoms with Gasteiger partial charge in [0, 0.05) is 12.5 Å². The van der Waals surface area contributed by atoms with Gasteiger partial charge in [0.15, 0.2) is 0 Å². The lowest BCUT2D eigenvalue weighted by Crippen LogP contribution is -2.45. The Bertz CT molecular complexity index is 363. The fourth-order valence-electron chi connectivity index (χ4n) is 2.67. The summed E-state index contributed by atoms with van der Waals surface area (Å²) in [6.45, 7) is 10.8. The van der Waals surface area contributed by atoms with Crippen molar-refractivity contribution in [3.63, 3.8) is 0 Å². The number of likely N-dealkylation sites (tertiary alicyclic amines) is 1. The number of hydrogen-bond donors (Lipinski definition) is 1. The third kappa shape index (κ3) is 7.33. The van der Waals surface area contributed by atoms with E-state index in [1.165, 1.54) is 0 Å². The molecular formula is C16H29N3O2. The second-order valence-corrected chi connectivity index (χ2v) is 6.88. The molecule has 1 N–H and O–H groups in total. The smallest absolute Gasteiger partial charge is 0.407 e. The molecule has 21 heavy (non-hydrogen) atoms. The number of hydrogen-bond acceptors (Lipinski definition) is 4. The third-order valence-corrected chi connectivity index (χ3v) is 3.85. The van der Waals surface area contributed by atoms with Crippen LogP contribution in [-0.2, 0) is 4.74 Å². The maximum atomic E-state index is 11.8. The molecule has 1 aliphatic rings. The summed E-state index contributed by atoms with van der Waals surface area (Å²) in [7, 11) is 0. The van der Waals surface area contributed by atoms with Gasteiger partial charge in [-0.1, -0.05) is 0 Å². The molecule has 5 nitrogen and oxygen atoms in total. The summed E-state index contributed by atoms with van der Waals surface area (Å²) in [6.07, 6.45) is 3.43. The molecular weight excluding hydrogens is 266 g/mol. The molecule has 1 amide bonds. The van der Waals surface area contributed by atoms with Crippen LogP contribution in [0.25, 0.3) is 0 Å². The number of unbranched alkanes of at least 4 members (excludes halogenated alkanes) is 1. The molecule has 0 aromatic carbocycles. The van der Waals surface area contributed by atoms with E-state index < -0.39 is 5.60 Å². The largest absolute Gasteiger partial charge is 0.444 e. The summed E-state index contributed by atoms with van der Waals surface area (Å²) in [6, 6.07) is 2.33. The molecule has 1 heterocycles. The minimum atomic E-state index is -0.450. The highest BCUT2D eigenvalue weighted by Gasteiger charge is 2.26. The number of ether oxygens (including phenoxy) is 1. The monoisotopic (exact) mass is 295 g/mol. The van der Waals surface area contributed by atoms with E-state index in [1.54, 1.807) is 0 Å². The summed E-state index contributed by atoms with van der Waals surface area (Å²) in [4.78, 5) is 14.2. The molecule has 5 heteroatoms. The molecule has 0 radical (unpaired) electrons. The lowest BCUT2D eigenvalue weighted by Gasteiger charge is -2.35. The summed E-state index contributed by atoms with van der Waals surface area (Å²) >= 11 is 0. The van der Waals surface area contributed by atoms with E-state index in [4.69, 9.17) is 10.00 Å². The third-order valence-electron chi connectivity index (χ3n) is 3.85. The Morgan fingerprint density at radius 3 is 2.57 bits per heavy atom. The van der Waals surface area contributed by atoms with Gasteiger partial charge < -0.3 is 15.0 Å². The molecule has 0 aliphatic carbocycles. The SMILES string of the molecule is C[C@@H](NC(=O)OC(C)(C)C)C1CCN(CCCC#N)CC1. The minimum Gasteiger partial charge on any atom is -0.444 e. The van der Waals surface area contributed by atoms with Crippen molar-refractivity contribution < 1.29 is 9.53 Å². The van der Waals surface area contributed by atoms with Gasteiger partial charge in [-0.2, -0.15) is 5.26 Å². The van der Waals surface area contributed by atoms with Gasteiger partial charge in [-0.05, 0) is 72.5 Å². The first kappa shape index (κ1) is 17.8. The molecule has 120 valence electrons. The minimum absolute atomic E-state index is 0.140. The first-order chi connectivity index (χ1) is 9.81. The number of nitrogens with one attached hydrogen (secondary N) is 1. The van der Waals surface area contributed by atoms with E-state index in [9.17, 15) is 4.79 Å². The molecule has 1 fully saturated rings. The van der Waals surface area contributed by atoms with Gasteiger partial charge in [-0.25, -0.2) is 4.79 Å². The van der Waals surface area contributed by atoms with Crippen LogP contribution < -0.4 is 5.32 Å². The predicted octanol–water partition coefficient (Wildman–Crippen LogP) is 2.92. The van der Waals surface area contributed by atoms with Crippen LogP contribution in [-0.4, -0.2) is 42.3 Å². The van der Waals surface area contributed by atoms with Crippen molar-refractivity contribution in [2.75, 3.05) is 19.6 Å². The zero-order valence-corrected chi connectivity index (χ0v) is 13.8. The Balaban J connectivity index is 2.27. The van der Waals surface area contributed by atoms with E-state index in [0.717, 1.165) is 38.9 Å². The molecule has 1 rings (SSSR count). The van der Waals surface area contributed by atoms with E-state index in [0.29, 0.717) is 12.3 Å². The normalized spacial score (nSPS) is 18.8. The number of carbonyl (C=O) groups is 1. The lowest BCUT2D eigenvalue weighted by molar-refractivity contribution is 0.0473. The highest BCUT2D eigenvalue weighted by molar-refractivity contribution is 5.68. The number of amides is 1. The Kier molecular flexibility index (Phi) is 6.97. The Morgan fingerprint density at radius 2 is 2.05 bits per heavy atom. The van der Waals surface area contributed by atoms with Gasteiger partial charge in [0.05, 0.1) is 6.07 Å². The number of alkyl carbamates (subject to hydrolysis) is 1. The Morgan fingerprint density at radius 1 is 1.43 bits per heavy atom. The van der Waals surface area contributed by atoms with Crippen LogP contribution in [0, 0.1) is 17.2 Å². The number of rotatable bonds is 5. The molecule has 0 spiro atoms. The van der Waals surface area contributed by atoms with E-state index >= 15 is 0 Å². The fourth-order valence-corrected chi connectivity index (χ4v) is 2.67. The van der Waals surface area contributed by atoms with Gasteiger partial charge in [-0.3, -0.25) is 0 Å². The number of piperidine rings is 1. The van der Waals surface area contributed by atoms with Gasteiger partial charge in [0.2, 0.25) is 0 Å². The van der Waals surface area contributed by atoms with Gasteiger partial charge >= 0.3 is 6.09 Å². The average Bonchev–Trinajstić information content (AvgIpc) is 2.37. The van der Waals surface area contributed by atoms with Crippen LogP contribution in [0.5, 0.6) is 0 Å². The summed E-state index contributed by atoms with van der Waals surface area (Å²) in [5, 5.41) is 11.5. The van der Waals surface area contributed by atoms with E-state index in [1.807, 2.05) is 20.8 Å². The van der Waals surface area contributed by atoms with Crippen LogP contribution in [0.1, 0.15) is 53.4 Å². The molecule has 0 aromatic heterocycles. The Hall–Kier alpha value is -1.28. The van der Waals surface area contributed by atoms with Crippen molar-refractivity contribution in [1.29, 1.82) is 5.26 Å². The number of carbonyl (C=O) groups excluding carboxylic acids is 1. The fraction of sp³-hybridized carbons (Fsp3) is 0.875. The zero-order valence-electron chi connectivity index (χ0n) is 13.8. The Labute approximate surface area is 128 Å². The van der Waals surface area contributed by atoms with Crippen molar-refractivity contribution in [2.24, 2.45) is 5.92 Å². The standard InChI is InChI=1S/C16H29N3O2/c1-13(18-15(20)21-16(2,3)4)14-7-11-19(12-8-14)10-6-5-9-17/h13-14H,5-8,10-12H2,1-4H3,(H,18,20)/t13-/m1/s1. The lowest BCUT2D eigenvalue weighted by atomic mass is 9.90. The first-order valence-electron chi connectivity index (χ1n) is 7.90. The summed E-state index contributed by atoms with van der Waals surface area (Å²) < 4.78 is 5.29. The van der Waals surface area contributed by atoms with Crippen molar-refractivity contribution in [1.82, 2.24) is 10.2 Å². The first-order valence-corrected chi connectivity index (χ1v) is 7.90. The molecule has 1 saturated heterocycles. The van der Waals surface area contributed by atoms with Crippen LogP contribution in [0.4, 0.5) is 4.79 Å². The average molecular weight is 295 g/mol. The van der Waals surface area contributed by atoms with Crippen molar-refractivity contribution in [2.45, 2.75) is 65.0 Å².